The van der Waals surface area contributed by atoms with Crippen molar-refractivity contribution in [2.75, 3.05) is 27.9 Å². The molecule has 0 amide bonds. The summed E-state index contributed by atoms with van der Waals surface area (Å²) < 4.78 is 38.9. The molecule has 2 aliphatic rings. The smallest absolute Gasteiger partial charge is 0.219 e. The van der Waals surface area contributed by atoms with Crippen LogP contribution in [0.1, 0.15) is 24.4 Å². The average Bonchev–Trinajstić information content (AvgIpc) is 3.24. The molecule has 128 valence electrons. The van der Waals surface area contributed by atoms with E-state index < -0.39 is 21.3 Å². The van der Waals surface area contributed by atoms with Crippen molar-refractivity contribution >= 4 is 10.0 Å². The Kier molecular flexibility index (Phi) is 4.50. The third-order valence-electron chi connectivity index (χ3n) is 4.25. The molecular formula is C15H22N2O5S. The van der Waals surface area contributed by atoms with Crippen molar-refractivity contribution in [3.05, 3.63) is 23.8 Å². The van der Waals surface area contributed by atoms with Crippen LogP contribution in [0.4, 0.5) is 0 Å². The fraction of sp³-hybridized carbons (Fsp3) is 0.600. The molecule has 1 saturated carbocycles. The van der Waals surface area contributed by atoms with Crippen LogP contribution in [0.15, 0.2) is 18.2 Å². The summed E-state index contributed by atoms with van der Waals surface area (Å²) >= 11 is 0. The molecule has 23 heavy (non-hydrogen) atoms. The minimum absolute atomic E-state index is 0.0683. The van der Waals surface area contributed by atoms with Crippen molar-refractivity contribution in [1.29, 1.82) is 0 Å². The van der Waals surface area contributed by atoms with Crippen molar-refractivity contribution < 1.29 is 22.7 Å². The van der Waals surface area contributed by atoms with Gasteiger partial charge in [0.2, 0.25) is 10.0 Å². The molecule has 0 radical (unpaired) electrons. The van der Waals surface area contributed by atoms with E-state index in [1.54, 1.807) is 32.4 Å². The second-order valence-electron chi connectivity index (χ2n) is 5.85. The highest BCUT2D eigenvalue weighted by molar-refractivity contribution is 7.90. The molecule has 0 aromatic heterocycles. The van der Waals surface area contributed by atoms with E-state index in [1.807, 2.05) is 12.1 Å². The monoisotopic (exact) mass is 342 g/mol. The number of sulfonamides is 1. The van der Waals surface area contributed by atoms with Crippen LogP contribution < -0.4 is 14.2 Å². The highest BCUT2D eigenvalue weighted by Gasteiger charge is 2.46. The topological polar surface area (TPSA) is 77.1 Å². The van der Waals surface area contributed by atoms with Crippen LogP contribution in [0.2, 0.25) is 0 Å². The number of nitrogens with zero attached hydrogens (tertiary/aromatic N) is 1. The first-order valence-corrected chi connectivity index (χ1v) is 9.10. The number of rotatable bonds is 6. The maximum atomic E-state index is 12.7. The molecule has 1 heterocycles. The summed E-state index contributed by atoms with van der Waals surface area (Å²) in [4.78, 5) is 5.51. The lowest BCUT2D eigenvalue weighted by molar-refractivity contribution is -0.110. The molecule has 0 bridgehead atoms. The standard InChI is InChI=1S/C15H22N2O5S/c1-17-14(11-5-4-6-12(20-2)15(11)21-3)13(9-22-17)23(18,19)16-10-7-8-10/h4-6,10,13-14,16H,7-9H2,1-3H3/t13-,14-/m1/s1. The fourth-order valence-corrected chi connectivity index (χ4v) is 4.69. The van der Waals surface area contributed by atoms with Gasteiger partial charge in [-0.1, -0.05) is 12.1 Å². The van der Waals surface area contributed by atoms with Crippen LogP contribution in [-0.4, -0.2) is 52.6 Å². The lowest BCUT2D eigenvalue weighted by atomic mass is 10.0. The Hall–Kier alpha value is -1.35. The highest BCUT2D eigenvalue weighted by Crippen LogP contribution is 2.42. The summed E-state index contributed by atoms with van der Waals surface area (Å²) in [6, 6.07) is 5.05. The molecule has 8 heteroatoms. The van der Waals surface area contributed by atoms with E-state index >= 15 is 0 Å². The Morgan fingerprint density at radius 1 is 1.26 bits per heavy atom. The van der Waals surface area contributed by atoms with Crippen LogP contribution in [0.5, 0.6) is 11.5 Å². The van der Waals surface area contributed by atoms with E-state index in [9.17, 15) is 8.42 Å². The molecule has 2 fully saturated rings. The van der Waals surface area contributed by atoms with Gasteiger partial charge >= 0.3 is 0 Å². The maximum Gasteiger partial charge on any atom is 0.219 e. The molecule has 3 rings (SSSR count). The van der Waals surface area contributed by atoms with Crippen LogP contribution in [0.3, 0.4) is 0 Å². The van der Waals surface area contributed by atoms with Gasteiger partial charge in [-0.2, -0.15) is 5.06 Å². The van der Waals surface area contributed by atoms with Crippen LogP contribution in [0, 0.1) is 0 Å². The van der Waals surface area contributed by atoms with Crippen LogP contribution in [-0.2, 0) is 14.9 Å². The second kappa shape index (κ2) is 6.27. The molecule has 0 unspecified atom stereocenters. The Labute approximate surface area is 136 Å². The Bertz CT molecular complexity index is 674. The number of ether oxygens (including phenoxy) is 2. The molecule has 1 aromatic rings. The molecule has 1 aliphatic carbocycles. The lowest BCUT2D eigenvalue weighted by Crippen LogP contribution is -2.40. The van der Waals surface area contributed by atoms with Crippen LogP contribution in [0.25, 0.3) is 0 Å². The minimum atomic E-state index is -3.48. The first-order valence-electron chi connectivity index (χ1n) is 7.55. The molecule has 1 saturated heterocycles. The van der Waals surface area contributed by atoms with Crippen LogP contribution >= 0.6 is 0 Å². The number of methoxy groups -OCH3 is 2. The molecule has 1 aliphatic heterocycles. The van der Waals surface area contributed by atoms with Gasteiger partial charge in [0, 0.05) is 18.7 Å². The highest BCUT2D eigenvalue weighted by atomic mass is 32.2. The van der Waals surface area contributed by atoms with Gasteiger partial charge in [0.25, 0.3) is 0 Å². The van der Waals surface area contributed by atoms with Gasteiger partial charge < -0.3 is 9.47 Å². The summed E-state index contributed by atoms with van der Waals surface area (Å²) in [6.45, 7) is 0.115. The van der Waals surface area contributed by atoms with E-state index in [-0.39, 0.29) is 12.6 Å². The Balaban J connectivity index is 1.98. The minimum Gasteiger partial charge on any atom is -0.493 e. The molecule has 1 N–H and O–H groups in total. The average molecular weight is 342 g/mol. The zero-order chi connectivity index (χ0) is 16.6. The third-order valence-corrected chi connectivity index (χ3v) is 6.10. The number of hydroxylamine groups is 2. The van der Waals surface area contributed by atoms with Gasteiger partial charge in [-0.3, -0.25) is 4.84 Å². The molecule has 0 spiro atoms. The largest absolute Gasteiger partial charge is 0.493 e. The zero-order valence-corrected chi connectivity index (χ0v) is 14.3. The normalized spacial score (nSPS) is 25.5. The maximum absolute atomic E-state index is 12.7. The van der Waals surface area contributed by atoms with E-state index in [2.05, 4.69) is 4.72 Å². The van der Waals surface area contributed by atoms with Crippen molar-refractivity contribution in [1.82, 2.24) is 9.79 Å². The summed E-state index contributed by atoms with van der Waals surface area (Å²) in [5.41, 5.74) is 0.734. The molecule has 7 nitrogen and oxygen atoms in total. The van der Waals surface area contributed by atoms with Gasteiger partial charge in [0.05, 0.1) is 26.9 Å². The van der Waals surface area contributed by atoms with E-state index in [4.69, 9.17) is 14.3 Å². The van der Waals surface area contributed by atoms with E-state index in [0.717, 1.165) is 18.4 Å². The quantitative estimate of drug-likeness (QED) is 0.833. The number of para-hydroxylation sites is 1. The number of benzene rings is 1. The predicted molar refractivity (Wildman–Crippen MR) is 84.9 cm³/mol. The first kappa shape index (κ1) is 16.5. The Morgan fingerprint density at radius 3 is 2.61 bits per heavy atom. The SMILES string of the molecule is COc1cccc([C@@H]2[C@H](S(=O)(=O)NC3CC3)CON2C)c1OC. The number of hydrogen-bond acceptors (Lipinski definition) is 6. The second-order valence-corrected chi connectivity index (χ2v) is 7.78. The van der Waals surface area contributed by atoms with Gasteiger partial charge in [-0.15, -0.1) is 0 Å². The first-order chi connectivity index (χ1) is 11.0. The van der Waals surface area contributed by atoms with Crippen molar-refractivity contribution in [3.63, 3.8) is 0 Å². The van der Waals surface area contributed by atoms with Crippen molar-refractivity contribution in [2.45, 2.75) is 30.2 Å². The van der Waals surface area contributed by atoms with Gasteiger partial charge in [-0.05, 0) is 18.9 Å². The Morgan fingerprint density at radius 2 is 2.00 bits per heavy atom. The molecule has 1 aromatic carbocycles. The lowest BCUT2D eigenvalue weighted by Gasteiger charge is -2.25. The van der Waals surface area contributed by atoms with Gasteiger partial charge in [0.1, 0.15) is 5.25 Å². The summed E-state index contributed by atoms with van der Waals surface area (Å²) in [6.07, 6.45) is 1.80. The number of nitrogens with one attached hydrogen (secondary N) is 1. The third kappa shape index (κ3) is 3.16. The van der Waals surface area contributed by atoms with Gasteiger partial charge in [0.15, 0.2) is 11.5 Å². The molecule has 2 atom stereocenters. The van der Waals surface area contributed by atoms with Crippen molar-refractivity contribution in [3.8, 4) is 11.5 Å². The van der Waals surface area contributed by atoms with Crippen molar-refractivity contribution in [2.24, 2.45) is 0 Å². The summed E-state index contributed by atoms with van der Waals surface area (Å²) in [5, 5.41) is 0.878. The predicted octanol–water partition coefficient (Wildman–Crippen LogP) is 1.07. The molecular weight excluding hydrogens is 320 g/mol. The fourth-order valence-electron chi connectivity index (χ4n) is 2.92. The zero-order valence-electron chi connectivity index (χ0n) is 13.5. The summed E-state index contributed by atoms with van der Waals surface area (Å²) in [5.74, 6) is 1.10. The van der Waals surface area contributed by atoms with Gasteiger partial charge in [-0.25, -0.2) is 13.1 Å². The van der Waals surface area contributed by atoms with E-state index in [1.165, 1.54) is 0 Å². The van der Waals surface area contributed by atoms with E-state index in [0.29, 0.717) is 11.5 Å². The number of hydrogen-bond donors (Lipinski definition) is 1. The summed E-state index contributed by atoms with van der Waals surface area (Å²) in [7, 11) is 1.35.